The highest BCUT2D eigenvalue weighted by Gasteiger charge is 2.28. The van der Waals surface area contributed by atoms with Gasteiger partial charge in [0.15, 0.2) is 5.96 Å². The molecule has 0 spiro atoms. The van der Waals surface area contributed by atoms with Crippen LogP contribution in [0.5, 0.6) is 0 Å². The van der Waals surface area contributed by atoms with E-state index < -0.39 is 10.0 Å². The molecule has 0 aromatic carbocycles. The van der Waals surface area contributed by atoms with E-state index in [0.717, 1.165) is 25.3 Å². The van der Waals surface area contributed by atoms with Crippen molar-refractivity contribution in [3.63, 3.8) is 0 Å². The van der Waals surface area contributed by atoms with E-state index in [1.165, 1.54) is 10.6 Å². The maximum Gasteiger partial charge on any atom is 0.250 e. The molecular formula is C19H29IN6O4S. The van der Waals surface area contributed by atoms with E-state index in [-0.39, 0.29) is 35.3 Å². The number of piperazine rings is 1. The number of pyridine rings is 1. The normalized spacial score (nSPS) is 15.5. The Bertz CT molecular complexity index is 985. The molecule has 3 heterocycles. The Labute approximate surface area is 199 Å². The van der Waals surface area contributed by atoms with Gasteiger partial charge in [-0.15, -0.1) is 24.0 Å². The first-order valence-corrected chi connectivity index (χ1v) is 11.6. The van der Waals surface area contributed by atoms with Crippen LogP contribution in [0, 0.1) is 0 Å². The van der Waals surface area contributed by atoms with E-state index >= 15 is 0 Å². The minimum atomic E-state index is -3.42. The molecule has 2 aromatic rings. The summed E-state index contributed by atoms with van der Waals surface area (Å²) in [5.41, 5.74) is 0.422. The van der Waals surface area contributed by atoms with Gasteiger partial charge in [-0.25, -0.2) is 8.42 Å². The number of aromatic nitrogens is 2. The number of aliphatic imine (C=N–C) groups is 1. The lowest BCUT2D eigenvalue weighted by atomic mass is 10.3. The van der Waals surface area contributed by atoms with Crippen molar-refractivity contribution in [1.82, 2.24) is 24.2 Å². The Balaban J connectivity index is 0.00000341. The van der Waals surface area contributed by atoms with Crippen molar-refractivity contribution in [2.45, 2.75) is 25.1 Å². The highest BCUT2D eigenvalue weighted by molar-refractivity contribution is 14.0. The molecule has 0 saturated carbocycles. The highest BCUT2D eigenvalue weighted by atomic mass is 127. The van der Waals surface area contributed by atoms with E-state index in [1.807, 2.05) is 6.07 Å². The molecule has 0 amide bonds. The fourth-order valence-corrected chi connectivity index (χ4v) is 4.78. The molecule has 3 rings (SSSR count). The lowest BCUT2D eigenvalue weighted by Crippen LogP contribution is -2.54. The summed E-state index contributed by atoms with van der Waals surface area (Å²) in [5, 5.41) is 7.01. The predicted octanol–water partition coefficient (Wildman–Crippen LogP) is 0.957. The van der Waals surface area contributed by atoms with Crippen molar-refractivity contribution >= 4 is 40.0 Å². The van der Waals surface area contributed by atoms with Gasteiger partial charge in [0, 0.05) is 64.6 Å². The van der Waals surface area contributed by atoms with Crippen LogP contribution in [-0.4, -0.2) is 73.1 Å². The van der Waals surface area contributed by atoms with Gasteiger partial charge < -0.3 is 19.3 Å². The summed E-state index contributed by atoms with van der Waals surface area (Å²) in [5.74, 6) is 0.612. The predicted molar refractivity (Wildman–Crippen MR) is 129 cm³/mol. The molecule has 1 aliphatic rings. The van der Waals surface area contributed by atoms with Gasteiger partial charge in [0.2, 0.25) is 15.6 Å². The van der Waals surface area contributed by atoms with Crippen molar-refractivity contribution in [2.24, 2.45) is 4.99 Å². The van der Waals surface area contributed by atoms with Crippen LogP contribution in [0.4, 0.5) is 0 Å². The Morgan fingerprint density at radius 1 is 1.19 bits per heavy atom. The molecule has 0 bridgehead atoms. The number of aryl methyl sites for hydroxylation is 1. The second kappa shape index (κ2) is 12.2. The van der Waals surface area contributed by atoms with Crippen LogP contribution in [0.25, 0.3) is 0 Å². The summed E-state index contributed by atoms with van der Waals surface area (Å²) >= 11 is 0. The van der Waals surface area contributed by atoms with Crippen molar-refractivity contribution in [3.05, 3.63) is 52.8 Å². The first kappa shape index (κ1) is 25.3. The van der Waals surface area contributed by atoms with Crippen LogP contribution in [0.2, 0.25) is 0 Å². The molecule has 31 heavy (non-hydrogen) atoms. The zero-order valence-electron chi connectivity index (χ0n) is 17.5. The number of nitrogens with one attached hydrogen (secondary N) is 1. The number of halogens is 1. The minimum Gasteiger partial charge on any atom is -0.364 e. The Morgan fingerprint density at radius 2 is 1.97 bits per heavy atom. The van der Waals surface area contributed by atoms with Gasteiger partial charge in [-0.2, -0.15) is 4.31 Å². The van der Waals surface area contributed by atoms with E-state index in [0.29, 0.717) is 38.4 Å². The molecule has 12 heteroatoms. The molecule has 0 radical (unpaired) electrons. The fourth-order valence-electron chi connectivity index (χ4n) is 3.35. The Hall–Kier alpha value is -1.93. The van der Waals surface area contributed by atoms with Crippen molar-refractivity contribution in [3.8, 4) is 0 Å². The summed E-state index contributed by atoms with van der Waals surface area (Å²) in [7, 11) is -1.70. The average molecular weight is 564 g/mol. The maximum absolute atomic E-state index is 12.5. The summed E-state index contributed by atoms with van der Waals surface area (Å²) in [6.45, 7) is 3.35. The molecule has 0 unspecified atom stereocenters. The first-order chi connectivity index (χ1) is 14.5. The van der Waals surface area contributed by atoms with Crippen molar-refractivity contribution < 1.29 is 12.9 Å². The van der Waals surface area contributed by atoms with Gasteiger partial charge in [0.05, 0.1) is 5.69 Å². The van der Waals surface area contributed by atoms with Gasteiger partial charge in [0.1, 0.15) is 12.0 Å². The molecule has 1 aliphatic heterocycles. The van der Waals surface area contributed by atoms with E-state index in [2.05, 4.69) is 20.4 Å². The third kappa shape index (κ3) is 7.31. The molecule has 1 fully saturated rings. The van der Waals surface area contributed by atoms with Crippen LogP contribution in [0.15, 0.2) is 51.0 Å². The summed E-state index contributed by atoms with van der Waals surface area (Å²) in [4.78, 5) is 18.1. The number of nitrogens with zero attached hydrogens (tertiary/aromatic N) is 5. The molecular weight excluding hydrogens is 535 g/mol. The number of hydrogen-bond acceptors (Lipinski definition) is 6. The average Bonchev–Trinajstić information content (AvgIpc) is 3.24. The lowest BCUT2D eigenvalue weighted by molar-refractivity contribution is 0.259. The molecule has 2 aromatic heterocycles. The van der Waals surface area contributed by atoms with Gasteiger partial charge in [0.25, 0.3) is 0 Å². The largest absolute Gasteiger partial charge is 0.364 e. The zero-order chi connectivity index (χ0) is 21.4. The monoisotopic (exact) mass is 564 g/mol. The van der Waals surface area contributed by atoms with Crippen LogP contribution in [0.1, 0.15) is 18.5 Å². The van der Waals surface area contributed by atoms with Crippen LogP contribution in [-0.2, 0) is 22.3 Å². The standard InChI is InChI=1S/C19H28N6O4S.HI/c1-20-19(21-8-3-5-10-23-9-4-2-6-18(23)26)24-11-13-25(14-12-24)30(27,28)16-17-7-15-29-22-17;/h2,4,6-7,9,15H,3,5,8,10-14,16H2,1H3,(H,20,21);1H. The Morgan fingerprint density at radius 3 is 2.61 bits per heavy atom. The minimum absolute atomic E-state index is 0. The summed E-state index contributed by atoms with van der Waals surface area (Å²) in [6.07, 6.45) is 4.94. The molecule has 1 N–H and O–H groups in total. The number of guanidine groups is 1. The number of hydrogen-bond donors (Lipinski definition) is 1. The third-order valence-electron chi connectivity index (χ3n) is 4.97. The number of rotatable bonds is 8. The SMILES string of the molecule is CN=C(NCCCCn1ccccc1=O)N1CCN(S(=O)(=O)Cc2ccon2)CC1.I. The molecule has 172 valence electrons. The van der Waals surface area contributed by atoms with Gasteiger partial charge >= 0.3 is 0 Å². The van der Waals surface area contributed by atoms with E-state index in [9.17, 15) is 13.2 Å². The second-order valence-corrected chi connectivity index (χ2v) is 9.02. The quantitative estimate of drug-likeness (QED) is 0.220. The van der Waals surface area contributed by atoms with Gasteiger partial charge in [-0.1, -0.05) is 11.2 Å². The highest BCUT2D eigenvalue weighted by Crippen LogP contribution is 2.12. The molecule has 0 atom stereocenters. The lowest BCUT2D eigenvalue weighted by Gasteiger charge is -2.35. The van der Waals surface area contributed by atoms with E-state index in [4.69, 9.17) is 4.52 Å². The third-order valence-corrected chi connectivity index (χ3v) is 6.79. The van der Waals surface area contributed by atoms with Crippen molar-refractivity contribution in [2.75, 3.05) is 39.8 Å². The number of unbranched alkanes of at least 4 members (excludes halogenated alkanes) is 1. The molecule has 10 nitrogen and oxygen atoms in total. The van der Waals surface area contributed by atoms with Crippen LogP contribution in [0.3, 0.4) is 0 Å². The van der Waals surface area contributed by atoms with Crippen LogP contribution >= 0.6 is 24.0 Å². The second-order valence-electron chi connectivity index (χ2n) is 7.05. The van der Waals surface area contributed by atoms with E-state index in [1.54, 1.807) is 36.0 Å². The van der Waals surface area contributed by atoms with Crippen LogP contribution < -0.4 is 10.9 Å². The number of sulfonamides is 1. The maximum atomic E-state index is 12.5. The smallest absolute Gasteiger partial charge is 0.250 e. The molecule has 1 saturated heterocycles. The topological polar surface area (TPSA) is 113 Å². The fraction of sp³-hybridized carbons (Fsp3) is 0.526. The first-order valence-electron chi connectivity index (χ1n) is 9.98. The summed E-state index contributed by atoms with van der Waals surface area (Å²) in [6, 6.07) is 6.72. The van der Waals surface area contributed by atoms with Gasteiger partial charge in [-0.3, -0.25) is 9.79 Å². The summed E-state index contributed by atoms with van der Waals surface area (Å²) < 4.78 is 33.0. The zero-order valence-corrected chi connectivity index (χ0v) is 20.7. The Kier molecular flexibility index (Phi) is 9.96. The van der Waals surface area contributed by atoms with Crippen molar-refractivity contribution in [1.29, 1.82) is 0 Å². The molecule has 0 aliphatic carbocycles. The van der Waals surface area contributed by atoms with Gasteiger partial charge in [-0.05, 0) is 18.9 Å².